The van der Waals surface area contributed by atoms with E-state index in [0.717, 1.165) is 58.4 Å². The lowest BCUT2D eigenvalue weighted by Gasteiger charge is -2.41. The molecule has 4 aromatic rings. The van der Waals surface area contributed by atoms with E-state index in [2.05, 4.69) is 119 Å². The van der Waals surface area contributed by atoms with Gasteiger partial charge >= 0.3 is 0 Å². The van der Waals surface area contributed by atoms with Crippen LogP contribution in [0.4, 0.5) is 0 Å². The minimum atomic E-state index is 0.679. The normalized spacial score (nSPS) is 14.5. The summed E-state index contributed by atoms with van der Waals surface area (Å²) in [6.45, 7) is 5.04. The summed E-state index contributed by atoms with van der Waals surface area (Å²) >= 11 is 0. The molecule has 4 heteroatoms. The van der Waals surface area contributed by atoms with E-state index in [0.29, 0.717) is 5.92 Å². The van der Waals surface area contributed by atoms with Crippen LogP contribution in [-0.2, 0) is 25.7 Å². The third-order valence-corrected chi connectivity index (χ3v) is 7.23. The van der Waals surface area contributed by atoms with E-state index in [4.69, 9.17) is 5.73 Å². The molecule has 1 heterocycles. The van der Waals surface area contributed by atoms with Crippen LogP contribution in [0.1, 0.15) is 28.7 Å². The maximum Gasteiger partial charge on any atom is 0.0185 e. The Balaban J connectivity index is 0.000000333. The molecular formula is C35H44N4. The maximum absolute atomic E-state index is 5.36. The Morgan fingerprint density at radius 1 is 0.513 bits per heavy atom. The second-order valence-corrected chi connectivity index (χ2v) is 10.4. The number of nitrogens with two attached hydrogens (primary N) is 1. The fourth-order valence-corrected chi connectivity index (χ4v) is 5.07. The van der Waals surface area contributed by atoms with Gasteiger partial charge in [0.15, 0.2) is 0 Å². The van der Waals surface area contributed by atoms with E-state index in [-0.39, 0.29) is 0 Å². The molecule has 1 fully saturated rings. The van der Waals surface area contributed by atoms with Crippen LogP contribution in [0.5, 0.6) is 0 Å². The van der Waals surface area contributed by atoms with Gasteiger partial charge in [0.25, 0.3) is 0 Å². The highest BCUT2D eigenvalue weighted by atomic mass is 15.8. The van der Waals surface area contributed by atoms with Gasteiger partial charge in [-0.1, -0.05) is 121 Å². The summed E-state index contributed by atoms with van der Waals surface area (Å²) in [6.07, 6.45) is 5.53. The lowest BCUT2D eigenvalue weighted by molar-refractivity contribution is -0.0437. The van der Waals surface area contributed by atoms with Crippen molar-refractivity contribution in [1.82, 2.24) is 15.6 Å². The standard InChI is InChI=1S/C27H33N3.C8H11N/c1-4-10-24(11-5-1)16-17-27-22-29(20-18-25-12-6-2-7-13-25)28-30(23-27)21-19-26-14-8-3-9-15-26;9-7-6-8-4-2-1-3-5-8/h1-15,27-28H,16-23H2;1-5H,6-7,9H2. The molecule has 0 radical (unpaired) electrons. The SMILES string of the molecule is NCCc1ccccc1.c1ccc(CCC2CN(CCc3ccccc3)NN(CCc3ccccc3)C2)cc1. The van der Waals surface area contributed by atoms with Gasteiger partial charge in [0.2, 0.25) is 0 Å². The maximum atomic E-state index is 5.36. The first kappa shape index (κ1) is 28.7. The summed E-state index contributed by atoms with van der Waals surface area (Å²) in [5, 5.41) is 4.86. The number of rotatable bonds is 11. The number of hydrogen-bond acceptors (Lipinski definition) is 4. The number of benzene rings is 4. The third kappa shape index (κ3) is 10.8. The molecule has 204 valence electrons. The van der Waals surface area contributed by atoms with Crippen LogP contribution in [0.25, 0.3) is 0 Å². The van der Waals surface area contributed by atoms with Crippen molar-refractivity contribution >= 4 is 0 Å². The third-order valence-electron chi connectivity index (χ3n) is 7.23. The zero-order valence-electron chi connectivity index (χ0n) is 23.2. The molecule has 3 N–H and O–H groups in total. The molecule has 0 aliphatic carbocycles. The predicted octanol–water partition coefficient (Wildman–Crippen LogP) is 5.95. The predicted molar refractivity (Wildman–Crippen MR) is 164 cm³/mol. The molecular weight excluding hydrogens is 476 g/mol. The summed E-state index contributed by atoms with van der Waals surface area (Å²) in [6, 6.07) is 42.8. The minimum Gasteiger partial charge on any atom is -0.330 e. The van der Waals surface area contributed by atoms with Crippen LogP contribution in [0, 0.1) is 5.92 Å². The molecule has 0 amide bonds. The second kappa shape index (κ2) is 16.6. The summed E-state index contributed by atoms with van der Waals surface area (Å²) in [5.41, 5.74) is 14.6. The van der Waals surface area contributed by atoms with Crippen molar-refractivity contribution in [2.75, 3.05) is 32.7 Å². The van der Waals surface area contributed by atoms with Gasteiger partial charge in [-0.15, -0.1) is 0 Å². The highest BCUT2D eigenvalue weighted by Crippen LogP contribution is 2.17. The van der Waals surface area contributed by atoms with Crippen molar-refractivity contribution < 1.29 is 0 Å². The number of nitrogens with zero attached hydrogens (tertiary/aromatic N) is 2. The Morgan fingerprint density at radius 3 is 1.26 bits per heavy atom. The lowest BCUT2D eigenvalue weighted by Crippen LogP contribution is -2.59. The van der Waals surface area contributed by atoms with E-state index >= 15 is 0 Å². The number of hydrogen-bond donors (Lipinski definition) is 2. The van der Waals surface area contributed by atoms with Crippen molar-refractivity contribution in [2.45, 2.75) is 32.1 Å². The van der Waals surface area contributed by atoms with Gasteiger partial charge in [0.1, 0.15) is 0 Å². The average molecular weight is 521 g/mol. The zero-order chi connectivity index (χ0) is 27.0. The first-order valence-electron chi connectivity index (χ1n) is 14.4. The van der Waals surface area contributed by atoms with Crippen LogP contribution >= 0.6 is 0 Å². The number of hydrazine groups is 2. The Bertz CT molecular complexity index is 1030. The van der Waals surface area contributed by atoms with Gasteiger partial charge < -0.3 is 5.73 Å². The van der Waals surface area contributed by atoms with E-state index < -0.39 is 0 Å². The molecule has 4 aromatic carbocycles. The Kier molecular flexibility index (Phi) is 12.2. The van der Waals surface area contributed by atoms with Crippen LogP contribution in [0.3, 0.4) is 0 Å². The smallest absolute Gasteiger partial charge is 0.0185 e. The van der Waals surface area contributed by atoms with E-state index in [1.54, 1.807) is 0 Å². The van der Waals surface area contributed by atoms with Crippen molar-refractivity contribution in [3.63, 3.8) is 0 Å². The van der Waals surface area contributed by atoms with Gasteiger partial charge in [0, 0.05) is 26.2 Å². The number of aryl methyl sites for hydroxylation is 1. The molecule has 5 rings (SSSR count). The molecule has 1 saturated heterocycles. The molecule has 0 aromatic heterocycles. The largest absolute Gasteiger partial charge is 0.330 e. The molecule has 0 saturated carbocycles. The molecule has 1 aliphatic heterocycles. The van der Waals surface area contributed by atoms with Crippen LogP contribution in [-0.4, -0.2) is 42.7 Å². The van der Waals surface area contributed by atoms with Gasteiger partial charge in [-0.3, -0.25) is 0 Å². The zero-order valence-corrected chi connectivity index (χ0v) is 23.2. The fraction of sp³-hybridized carbons (Fsp3) is 0.314. The molecule has 39 heavy (non-hydrogen) atoms. The van der Waals surface area contributed by atoms with Gasteiger partial charge in [-0.25, -0.2) is 10.0 Å². The summed E-state index contributed by atoms with van der Waals surface area (Å²) in [7, 11) is 0. The average Bonchev–Trinajstić information content (AvgIpc) is 3.01. The minimum absolute atomic E-state index is 0.679. The summed E-state index contributed by atoms with van der Waals surface area (Å²) in [4.78, 5) is 0. The molecule has 0 bridgehead atoms. The fourth-order valence-electron chi connectivity index (χ4n) is 5.07. The van der Waals surface area contributed by atoms with Crippen molar-refractivity contribution in [3.05, 3.63) is 144 Å². The number of nitrogens with one attached hydrogen (secondary N) is 1. The second-order valence-electron chi connectivity index (χ2n) is 10.4. The Morgan fingerprint density at radius 2 is 0.872 bits per heavy atom. The molecule has 0 atom stereocenters. The Labute approximate surface area is 235 Å². The van der Waals surface area contributed by atoms with Crippen LogP contribution in [0.15, 0.2) is 121 Å². The highest BCUT2D eigenvalue weighted by Gasteiger charge is 2.24. The van der Waals surface area contributed by atoms with E-state index in [1.165, 1.54) is 28.7 Å². The lowest BCUT2D eigenvalue weighted by atomic mass is 9.98. The van der Waals surface area contributed by atoms with Crippen LogP contribution < -0.4 is 11.3 Å². The highest BCUT2D eigenvalue weighted by molar-refractivity contribution is 5.17. The molecule has 0 unspecified atom stereocenters. The molecule has 0 spiro atoms. The first-order valence-corrected chi connectivity index (χ1v) is 14.4. The van der Waals surface area contributed by atoms with Gasteiger partial charge in [-0.05, 0) is 66.8 Å². The molecule has 1 aliphatic rings. The van der Waals surface area contributed by atoms with Crippen molar-refractivity contribution in [1.29, 1.82) is 0 Å². The van der Waals surface area contributed by atoms with Gasteiger partial charge in [0.05, 0.1) is 0 Å². The summed E-state index contributed by atoms with van der Waals surface area (Å²) < 4.78 is 0. The van der Waals surface area contributed by atoms with E-state index in [9.17, 15) is 0 Å². The van der Waals surface area contributed by atoms with E-state index in [1.807, 2.05) is 18.2 Å². The van der Waals surface area contributed by atoms with Crippen molar-refractivity contribution in [3.8, 4) is 0 Å². The van der Waals surface area contributed by atoms with Gasteiger partial charge in [-0.2, -0.15) is 5.53 Å². The molecule has 4 nitrogen and oxygen atoms in total. The Hall–Kier alpha value is -3.28. The topological polar surface area (TPSA) is 44.5 Å². The monoisotopic (exact) mass is 520 g/mol. The van der Waals surface area contributed by atoms with Crippen molar-refractivity contribution in [2.24, 2.45) is 11.7 Å². The van der Waals surface area contributed by atoms with Crippen LogP contribution in [0.2, 0.25) is 0 Å². The summed E-state index contributed by atoms with van der Waals surface area (Å²) in [5.74, 6) is 0.679. The quantitative estimate of drug-likeness (QED) is 0.257. The first-order chi connectivity index (χ1) is 19.3.